The molecule has 1 aromatic carbocycles. The molecule has 2 aromatic heterocycles. The van der Waals surface area contributed by atoms with E-state index in [0.29, 0.717) is 16.6 Å². The normalized spacial score (nSPS) is 14.4. The SMILES string of the molecule is COc1ccccc1NC(=O)CSc1nc2sc(C)c(C)c2c(=O)n1C1CCCC1. The highest BCUT2D eigenvalue weighted by atomic mass is 32.2. The first-order valence-corrected chi connectivity index (χ1v) is 11.9. The van der Waals surface area contributed by atoms with Crippen molar-refractivity contribution in [3.05, 3.63) is 45.1 Å². The van der Waals surface area contributed by atoms with Crippen molar-refractivity contribution in [3.63, 3.8) is 0 Å². The van der Waals surface area contributed by atoms with E-state index in [-0.39, 0.29) is 23.3 Å². The molecule has 158 valence electrons. The number of amides is 1. The van der Waals surface area contributed by atoms with Gasteiger partial charge < -0.3 is 10.1 Å². The lowest BCUT2D eigenvalue weighted by atomic mass is 10.2. The summed E-state index contributed by atoms with van der Waals surface area (Å²) in [5.74, 6) is 0.629. The fourth-order valence-electron chi connectivity index (χ4n) is 3.94. The summed E-state index contributed by atoms with van der Waals surface area (Å²) in [5, 5.41) is 4.25. The molecule has 1 saturated carbocycles. The molecule has 1 N–H and O–H groups in total. The lowest BCUT2D eigenvalue weighted by Gasteiger charge is -2.18. The minimum Gasteiger partial charge on any atom is -0.495 e. The van der Waals surface area contributed by atoms with Gasteiger partial charge in [0, 0.05) is 10.9 Å². The second-order valence-corrected chi connectivity index (χ2v) is 9.65. The Kier molecular flexibility index (Phi) is 6.15. The first kappa shape index (κ1) is 20.9. The molecule has 0 radical (unpaired) electrons. The Morgan fingerprint density at radius 3 is 2.77 bits per heavy atom. The molecule has 30 heavy (non-hydrogen) atoms. The molecule has 6 nitrogen and oxygen atoms in total. The summed E-state index contributed by atoms with van der Waals surface area (Å²) < 4.78 is 7.14. The van der Waals surface area contributed by atoms with Gasteiger partial charge in [0.1, 0.15) is 10.6 Å². The molecule has 1 aliphatic rings. The highest BCUT2D eigenvalue weighted by Gasteiger charge is 2.25. The first-order chi connectivity index (χ1) is 14.5. The number of benzene rings is 1. The molecule has 0 saturated heterocycles. The van der Waals surface area contributed by atoms with Crippen LogP contribution in [0, 0.1) is 13.8 Å². The van der Waals surface area contributed by atoms with Crippen LogP contribution >= 0.6 is 23.1 Å². The Bertz CT molecular complexity index is 1150. The van der Waals surface area contributed by atoms with E-state index in [9.17, 15) is 9.59 Å². The zero-order valence-electron chi connectivity index (χ0n) is 17.4. The van der Waals surface area contributed by atoms with Crippen molar-refractivity contribution in [3.8, 4) is 5.75 Å². The van der Waals surface area contributed by atoms with Crippen LogP contribution in [-0.2, 0) is 4.79 Å². The topological polar surface area (TPSA) is 73.2 Å². The average Bonchev–Trinajstić information content (AvgIpc) is 3.35. The second-order valence-electron chi connectivity index (χ2n) is 7.51. The van der Waals surface area contributed by atoms with Crippen molar-refractivity contribution in [1.29, 1.82) is 0 Å². The number of rotatable bonds is 6. The number of para-hydroxylation sites is 2. The van der Waals surface area contributed by atoms with E-state index >= 15 is 0 Å². The van der Waals surface area contributed by atoms with Crippen LogP contribution in [0.25, 0.3) is 10.2 Å². The number of hydrogen-bond acceptors (Lipinski definition) is 6. The van der Waals surface area contributed by atoms with Crippen LogP contribution < -0.4 is 15.6 Å². The average molecular weight is 444 g/mol. The molecule has 0 spiro atoms. The minimum absolute atomic E-state index is 0.0291. The van der Waals surface area contributed by atoms with Crippen molar-refractivity contribution in [2.24, 2.45) is 0 Å². The smallest absolute Gasteiger partial charge is 0.263 e. The summed E-state index contributed by atoms with van der Waals surface area (Å²) in [7, 11) is 1.57. The van der Waals surface area contributed by atoms with Crippen LogP contribution in [0.3, 0.4) is 0 Å². The molecule has 4 rings (SSSR count). The van der Waals surface area contributed by atoms with Crippen molar-refractivity contribution >= 4 is 44.9 Å². The Morgan fingerprint density at radius 2 is 2.03 bits per heavy atom. The predicted molar refractivity (Wildman–Crippen MR) is 123 cm³/mol. The number of aryl methyl sites for hydroxylation is 2. The molecular weight excluding hydrogens is 418 g/mol. The number of anilines is 1. The summed E-state index contributed by atoms with van der Waals surface area (Å²) >= 11 is 2.87. The van der Waals surface area contributed by atoms with Crippen LogP contribution in [0.1, 0.15) is 42.2 Å². The highest BCUT2D eigenvalue weighted by Crippen LogP contribution is 2.34. The number of nitrogens with one attached hydrogen (secondary N) is 1. The molecule has 0 unspecified atom stereocenters. The maximum absolute atomic E-state index is 13.4. The second kappa shape index (κ2) is 8.81. The van der Waals surface area contributed by atoms with E-state index in [4.69, 9.17) is 9.72 Å². The molecule has 1 amide bonds. The van der Waals surface area contributed by atoms with Gasteiger partial charge in [0.05, 0.1) is 23.9 Å². The minimum atomic E-state index is -0.157. The maximum atomic E-state index is 13.4. The van der Waals surface area contributed by atoms with Gasteiger partial charge in [0.15, 0.2) is 5.16 Å². The summed E-state index contributed by atoms with van der Waals surface area (Å²) in [5.41, 5.74) is 1.68. The van der Waals surface area contributed by atoms with E-state index in [0.717, 1.165) is 46.3 Å². The van der Waals surface area contributed by atoms with Crippen molar-refractivity contribution in [2.45, 2.75) is 50.7 Å². The molecule has 0 bridgehead atoms. The molecule has 2 heterocycles. The van der Waals surface area contributed by atoms with Crippen LogP contribution in [-0.4, -0.2) is 28.3 Å². The highest BCUT2D eigenvalue weighted by molar-refractivity contribution is 7.99. The van der Waals surface area contributed by atoms with Gasteiger partial charge in [-0.05, 0) is 44.4 Å². The van der Waals surface area contributed by atoms with Crippen LogP contribution in [0.4, 0.5) is 5.69 Å². The van der Waals surface area contributed by atoms with Crippen LogP contribution in [0.15, 0.2) is 34.2 Å². The third-order valence-electron chi connectivity index (χ3n) is 5.61. The standard InChI is InChI=1S/C22H25N3O3S2/c1-13-14(2)30-20-19(13)21(27)25(15-8-4-5-9-15)22(24-20)29-12-18(26)23-16-10-6-7-11-17(16)28-3/h6-7,10-11,15H,4-5,8-9,12H2,1-3H3,(H,23,26). The number of fused-ring (bicyclic) bond motifs is 1. The summed E-state index contributed by atoms with van der Waals surface area (Å²) in [4.78, 5) is 32.7. The lowest BCUT2D eigenvalue weighted by Crippen LogP contribution is -2.27. The number of ether oxygens (including phenoxy) is 1. The fraction of sp³-hybridized carbons (Fsp3) is 0.409. The number of aromatic nitrogens is 2. The number of thioether (sulfide) groups is 1. The third kappa shape index (κ3) is 3.98. The summed E-state index contributed by atoms with van der Waals surface area (Å²) in [6.45, 7) is 4.01. The number of nitrogens with zero attached hydrogens (tertiary/aromatic N) is 2. The monoisotopic (exact) mass is 443 g/mol. The molecule has 0 aliphatic heterocycles. The summed E-state index contributed by atoms with van der Waals surface area (Å²) in [6, 6.07) is 7.47. The van der Waals surface area contributed by atoms with E-state index in [2.05, 4.69) is 5.32 Å². The Morgan fingerprint density at radius 1 is 1.30 bits per heavy atom. The molecule has 0 atom stereocenters. The molecule has 3 aromatic rings. The predicted octanol–water partition coefficient (Wildman–Crippen LogP) is 4.93. The largest absolute Gasteiger partial charge is 0.495 e. The fourth-order valence-corrected chi connectivity index (χ4v) is 5.88. The molecule has 1 fully saturated rings. The van der Waals surface area contributed by atoms with E-state index in [1.165, 1.54) is 11.8 Å². The van der Waals surface area contributed by atoms with Crippen molar-refractivity contribution < 1.29 is 9.53 Å². The van der Waals surface area contributed by atoms with Gasteiger partial charge in [-0.1, -0.05) is 36.7 Å². The Hall–Kier alpha value is -2.32. The Balaban J connectivity index is 1.62. The quantitative estimate of drug-likeness (QED) is 0.432. The van der Waals surface area contributed by atoms with Crippen molar-refractivity contribution in [2.75, 3.05) is 18.2 Å². The molecule has 8 heteroatoms. The van der Waals surface area contributed by atoms with Gasteiger partial charge in [-0.25, -0.2) is 4.98 Å². The lowest BCUT2D eigenvalue weighted by molar-refractivity contribution is -0.113. The van der Waals surface area contributed by atoms with Gasteiger partial charge in [-0.15, -0.1) is 11.3 Å². The van der Waals surface area contributed by atoms with Gasteiger partial charge in [0.2, 0.25) is 5.91 Å². The molecule has 1 aliphatic carbocycles. The number of carbonyl (C=O) groups is 1. The van der Waals surface area contributed by atoms with Gasteiger partial charge >= 0.3 is 0 Å². The zero-order valence-corrected chi connectivity index (χ0v) is 19.0. The Labute approximate surface area is 183 Å². The van der Waals surface area contributed by atoms with E-state index < -0.39 is 0 Å². The van der Waals surface area contributed by atoms with Gasteiger partial charge in [0.25, 0.3) is 5.56 Å². The van der Waals surface area contributed by atoms with Crippen LogP contribution in [0.5, 0.6) is 5.75 Å². The zero-order chi connectivity index (χ0) is 21.3. The number of carbonyl (C=O) groups excluding carboxylic acids is 1. The number of hydrogen-bond donors (Lipinski definition) is 1. The van der Waals surface area contributed by atoms with Crippen molar-refractivity contribution in [1.82, 2.24) is 9.55 Å². The number of methoxy groups -OCH3 is 1. The first-order valence-electron chi connectivity index (χ1n) is 10.1. The summed E-state index contributed by atoms with van der Waals surface area (Å²) in [6.07, 6.45) is 4.21. The number of thiophene rings is 1. The maximum Gasteiger partial charge on any atom is 0.263 e. The van der Waals surface area contributed by atoms with Crippen LogP contribution in [0.2, 0.25) is 0 Å². The van der Waals surface area contributed by atoms with Gasteiger partial charge in [-0.2, -0.15) is 0 Å². The van der Waals surface area contributed by atoms with E-state index in [1.807, 2.05) is 30.5 Å². The van der Waals surface area contributed by atoms with Gasteiger partial charge in [-0.3, -0.25) is 14.2 Å². The molecular formula is C22H25N3O3S2. The third-order valence-corrected chi connectivity index (χ3v) is 7.66. The van der Waals surface area contributed by atoms with E-state index in [1.54, 1.807) is 30.6 Å².